The predicted molar refractivity (Wildman–Crippen MR) is 75.8 cm³/mol. The highest BCUT2D eigenvalue weighted by Gasteiger charge is 2.01. The molecule has 1 aromatic rings. The quantitative estimate of drug-likeness (QED) is 0.440. The summed E-state index contributed by atoms with van der Waals surface area (Å²) >= 11 is 0. The van der Waals surface area contributed by atoms with Gasteiger partial charge in [0, 0.05) is 12.1 Å². The summed E-state index contributed by atoms with van der Waals surface area (Å²) in [7, 11) is 0. The number of para-hydroxylation sites is 1. The van der Waals surface area contributed by atoms with Crippen molar-refractivity contribution in [2.24, 2.45) is 10.7 Å². The Labute approximate surface area is 109 Å². The minimum absolute atomic E-state index is 0.468. The van der Waals surface area contributed by atoms with Crippen molar-refractivity contribution in [3.8, 4) is 5.75 Å². The van der Waals surface area contributed by atoms with Gasteiger partial charge in [0.25, 0.3) is 0 Å². The fraction of sp³-hybridized carbons (Fsp3) is 0.357. The number of hydrogen-bond donors (Lipinski definition) is 2. The van der Waals surface area contributed by atoms with Gasteiger partial charge in [-0.25, -0.2) is 4.99 Å². The number of nitrogens with two attached hydrogens (primary N) is 1. The van der Waals surface area contributed by atoms with Crippen LogP contribution in [0.3, 0.4) is 0 Å². The fourth-order valence-corrected chi connectivity index (χ4v) is 1.40. The smallest absolute Gasteiger partial charge is 0.188 e. The second kappa shape index (κ2) is 8.17. The molecule has 18 heavy (non-hydrogen) atoms. The van der Waals surface area contributed by atoms with Gasteiger partial charge in [0.2, 0.25) is 0 Å². The summed E-state index contributed by atoms with van der Waals surface area (Å²) in [6.45, 7) is 7.55. The molecule has 0 radical (unpaired) electrons. The lowest BCUT2D eigenvalue weighted by molar-refractivity contribution is 0.359. The van der Waals surface area contributed by atoms with Crippen molar-refractivity contribution in [1.82, 2.24) is 5.32 Å². The van der Waals surface area contributed by atoms with Crippen LogP contribution in [0, 0.1) is 0 Å². The van der Waals surface area contributed by atoms with Gasteiger partial charge in [0.05, 0.1) is 6.54 Å². The second-order valence-corrected chi connectivity index (χ2v) is 3.84. The Morgan fingerprint density at radius 1 is 1.50 bits per heavy atom. The van der Waals surface area contributed by atoms with Crippen LogP contribution in [0.25, 0.3) is 0 Å². The maximum Gasteiger partial charge on any atom is 0.188 e. The van der Waals surface area contributed by atoms with Crippen molar-refractivity contribution in [2.45, 2.75) is 19.9 Å². The lowest BCUT2D eigenvalue weighted by Crippen LogP contribution is -2.32. The van der Waals surface area contributed by atoms with Gasteiger partial charge in [0.1, 0.15) is 12.4 Å². The Kier molecular flexibility index (Phi) is 6.40. The monoisotopic (exact) mass is 247 g/mol. The van der Waals surface area contributed by atoms with Crippen LogP contribution in [0.5, 0.6) is 5.75 Å². The van der Waals surface area contributed by atoms with E-state index in [1.54, 1.807) is 6.08 Å². The van der Waals surface area contributed by atoms with Crippen LogP contribution in [-0.2, 0) is 6.54 Å². The number of nitrogens with one attached hydrogen (secondary N) is 1. The molecule has 98 valence electrons. The largest absolute Gasteiger partial charge is 0.489 e. The first-order valence-corrected chi connectivity index (χ1v) is 6.13. The molecule has 4 heteroatoms. The molecular weight excluding hydrogens is 226 g/mol. The molecule has 0 fully saturated rings. The molecule has 4 nitrogen and oxygen atoms in total. The molecule has 0 aliphatic heterocycles. The SMILES string of the molecule is C=CCOc1ccccc1CN=C(N)NCCC. The van der Waals surface area contributed by atoms with E-state index in [0.29, 0.717) is 19.1 Å². The van der Waals surface area contributed by atoms with Crippen LogP contribution in [0.15, 0.2) is 41.9 Å². The Hall–Kier alpha value is -1.97. The molecule has 0 amide bonds. The zero-order valence-electron chi connectivity index (χ0n) is 10.9. The molecule has 0 saturated heterocycles. The van der Waals surface area contributed by atoms with Crippen LogP contribution in [0.2, 0.25) is 0 Å². The van der Waals surface area contributed by atoms with Gasteiger partial charge in [0.15, 0.2) is 5.96 Å². The van der Waals surface area contributed by atoms with E-state index >= 15 is 0 Å². The molecule has 0 aliphatic carbocycles. The summed E-state index contributed by atoms with van der Waals surface area (Å²) in [4.78, 5) is 4.28. The molecule has 3 N–H and O–H groups in total. The van der Waals surface area contributed by atoms with Crippen molar-refractivity contribution < 1.29 is 4.74 Å². The summed E-state index contributed by atoms with van der Waals surface area (Å²) in [5.41, 5.74) is 6.75. The minimum atomic E-state index is 0.468. The van der Waals surface area contributed by atoms with E-state index in [9.17, 15) is 0 Å². The van der Waals surface area contributed by atoms with Gasteiger partial charge < -0.3 is 15.8 Å². The molecule has 0 unspecified atom stereocenters. The number of aliphatic imine (C=N–C) groups is 1. The van der Waals surface area contributed by atoms with Crippen molar-refractivity contribution in [3.05, 3.63) is 42.5 Å². The third kappa shape index (κ3) is 4.91. The molecule has 0 aromatic heterocycles. The van der Waals surface area contributed by atoms with E-state index in [2.05, 4.69) is 23.8 Å². The van der Waals surface area contributed by atoms with E-state index in [1.807, 2.05) is 24.3 Å². The molecule has 1 aromatic carbocycles. The van der Waals surface area contributed by atoms with Gasteiger partial charge in [-0.2, -0.15) is 0 Å². The number of guanidine groups is 1. The highest BCUT2D eigenvalue weighted by molar-refractivity contribution is 5.77. The number of benzene rings is 1. The van der Waals surface area contributed by atoms with Crippen molar-refractivity contribution in [1.29, 1.82) is 0 Å². The molecule has 0 bridgehead atoms. The standard InChI is InChI=1S/C14H21N3O/c1-3-9-16-14(15)17-11-12-7-5-6-8-13(12)18-10-4-2/h4-8H,2-3,9-11H2,1H3,(H3,15,16,17). The average Bonchev–Trinajstić information content (AvgIpc) is 2.41. The van der Waals surface area contributed by atoms with E-state index in [4.69, 9.17) is 10.5 Å². The summed E-state index contributed by atoms with van der Waals surface area (Å²) in [5.74, 6) is 1.29. The van der Waals surface area contributed by atoms with Crippen LogP contribution >= 0.6 is 0 Å². The third-order valence-electron chi connectivity index (χ3n) is 2.31. The zero-order chi connectivity index (χ0) is 13.2. The molecular formula is C14H21N3O. The van der Waals surface area contributed by atoms with Crippen LogP contribution in [0.1, 0.15) is 18.9 Å². The maximum absolute atomic E-state index is 5.74. The highest BCUT2D eigenvalue weighted by atomic mass is 16.5. The molecule has 0 atom stereocenters. The van der Waals surface area contributed by atoms with Gasteiger partial charge in [-0.3, -0.25) is 0 Å². The van der Waals surface area contributed by atoms with Gasteiger partial charge in [-0.05, 0) is 12.5 Å². The Balaban J connectivity index is 2.62. The van der Waals surface area contributed by atoms with Crippen molar-refractivity contribution in [2.75, 3.05) is 13.2 Å². The molecule has 0 heterocycles. The first-order valence-electron chi connectivity index (χ1n) is 6.13. The van der Waals surface area contributed by atoms with Gasteiger partial charge in [-0.15, -0.1) is 0 Å². The molecule has 1 rings (SSSR count). The van der Waals surface area contributed by atoms with E-state index in [-0.39, 0.29) is 0 Å². The van der Waals surface area contributed by atoms with Gasteiger partial charge >= 0.3 is 0 Å². The topological polar surface area (TPSA) is 59.6 Å². The normalized spacial score (nSPS) is 11.1. The zero-order valence-corrected chi connectivity index (χ0v) is 10.9. The van der Waals surface area contributed by atoms with Gasteiger partial charge in [-0.1, -0.05) is 37.8 Å². The first kappa shape index (κ1) is 14.1. The Bertz CT molecular complexity index is 402. The number of ether oxygens (including phenoxy) is 1. The molecule has 0 saturated carbocycles. The lowest BCUT2D eigenvalue weighted by atomic mass is 10.2. The Morgan fingerprint density at radius 2 is 2.28 bits per heavy atom. The third-order valence-corrected chi connectivity index (χ3v) is 2.31. The second-order valence-electron chi connectivity index (χ2n) is 3.84. The number of rotatable bonds is 7. The summed E-state index contributed by atoms with van der Waals surface area (Å²) < 4.78 is 5.55. The van der Waals surface area contributed by atoms with E-state index in [0.717, 1.165) is 24.3 Å². The minimum Gasteiger partial charge on any atom is -0.489 e. The highest BCUT2D eigenvalue weighted by Crippen LogP contribution is 2.18. The fourth-order valence-electron chi connectivity index (χ4n) is 1.40. The molecule has 0 spiro atoms. The van der Waals surface area contributed by atoms with Crippen molar-refractivity contribution >= 4 is 5.96 Å². The molecule has 0 aliphatic rings. The number of nitrogens with zero attached hydrogens (tertiary/aromatic N) is 1. The van der Waals surface area contributed by atoms with Crippen LogP contribution < -0.4 is 15.8 Å². The van der Waals surface area contributed by atoms with E-state index < -0.39 is 0 Å². The average molecular weight is 247 g/mol. The summed E-state index contributed by atoms with van der Waals surface area (Å²) in [5, 5.41) is 3.04. The summed E-state index contributed by atoms with van der Waals surface area (Å²) in [6, 6.07) is 7.80. The predicted octanol–water partition coefficient (Wildman–Crippen LogP) is 2.07. The van der Waals surface area contributed by atoms with Crippen molar-refractivity contribution in [3.63, 3.8) is 0 Å². The maximum atomic E-state index is 5.74. The van der Waals surface area contributed by atoms with E-state index in [1.165, 1.54) is 0 Å². The first-order chi connectivity index (χ1) is 8.77. The van der Waals surface area contributed by atoms with Crippen LogP contribution in [0.4, 0.5) is 0 Å². The Morgan fingerprint density at radius 3 is 3.00 bits per heavy atom. The summed E-state index contributed by atoms with van der Waals surface area (Å²) in [6.07, 6.45) is 2.74. The lowest BCUT2D eigenvalue weighted by Gasteiger charge is -2.09. The van der Waals surface area contributed by atoms with Crippen LogP contribution in [-0.4, -0.2) is 19.1 Å². The number of hydrogen-bond acceptors (Lipinski definition) is 2.